The van der Waals surface area contributed by atoms with Gasteiger partial charge in [0.1, 0.15) is 0 Å². The van der Waals surface area contributed by atoms with Crippen molar-refractivity contribution in [3.8, 4) is 0 Å². The smallest absolute Gasteiger partial charge is 0.0715 e. The molecule has 2 unspecified atom stereocenters. The van der Waals surface area contributed by atoms with E-state index in [1.54, 1.807) is 6.20 Å². The molecule has 1 aliphatic rings. The Labute approximate surface area is 117 Å². The first-order valence-corrected chi connectivity index (χ1v) is 6.69. The fourth-order valence-corrected chi connectivity index (χ4v) is 2.86. The molecule has 0 saturated heterocycles. The summed E-state index contributed by atoms with van der Waals surface area (Å²) in [6.45, 7) is 0. The minimum atomic E-state index is -0.0339. The monoisotopic (exact) mass is 274 g/mol. The molecule has 2 aromatic heterocycles. The summed E-state index contributed by atoms with van der Waals surface area (Å²) in [6.07, 6.45) is 5.56. The predicted octanol–water partition coefficient (Wildman–Crippen LogP) is 2.36. The molecule has 0 radical (unpaired) electrons. The highest BCUT2D eigenvalue weighted by Crippen LogP contribution is 2.39. The second-order valence-electron chi connectivity index (χ2n) is 4.74. The molecule has 0 fully saturated rings. The van der Waals surface area contributed by atoms with Gasteiger partial charge in [-0.25, -0.2) is 0 Å². The number of hydrazine groups is 1. The van der Waals surface area contributed by atoms with Gasteiger partial charge in [0.25, 0.3) is 0 Å². The van der Waals surface area contributed by atoms with Crippen molar-refractivity contribution in [2.24, 2.45) is 5.84 Å². The molecule has 19 heavy (non-hydrogen) atoms. The maximum Gasteiger partial charge on any atom is 0.0715 e. The van der Waals surface area contributed by atoms with E-state index in [-0.39, 0.29) is 12.0 Å². The third-order valence-corrected chi connectivity index (χ3v) is 3.88. The number of aryl methyl sites for hydroxylation is 1. The van der Waals surface area contributed by atoms with E-state index in [0.717, 1.165) is 24.2 Å². The van der Waals surface area contributed by atoms with Gasteiger partial charge in [-0.2, -0.15) is 0 Å². The molecule has 3 N–H and O–H groups in total. The Morgan fingerprint density at radius 3 is 2.95 bits per heavy atom. The maximum absolute atomic E-state index is 5.87. The third-order valence-electron chi connectivity index (χ3n) is 3.65. The molecule has 2 aromatic rings. The normalized spacial score (nSPS) is 19.2. The Bertz CT molecular complexity index is 570. The van der Waals surface area contributed by atoms with Crippen LogP contribution in [0.1, 0.15) is 35.3 Å². The molecule has 0 amide bonds. The van der Waals surface area contributed by atoms with Crippen LogP contribution in [-0.2, 0) is 6.42 Å². The number of nitrogens with zero attached hydrogens (tertiary/aromatic N) is 2. The van der Waals surface area contributed by atoms with Crippen LogP contribution in [-0.4, -0.2) is 9.97 Å². The van der Waals surface area contributed by atoms with Crippen molar-refractivity contribution >= 4 is 11.6 Å². The first-order valence-electron chi connectivity index (χ1n) is 6.31. The van der Waals surface area contributed by atoms with Crippen molar-refractivity contribution in [2.45, 2.75) is 24.8 Å². The van der Waals surface area contributed by atoms with Gasteiger partial charge in [0.15, 0.2) is 0 Å². The van der Waals surface area contributed by atoms with Crippen LogP contribution in [0.15, 0.2) is 36.7 Å². The van der Waals surface area contributed by atoms with Crippen LogP contribution in [0.2, 0.25) is 5.02 Å². The molecule has 2 heterocycles. The number of aromatic nitrogens is 2. The summed E-state index contributed by atoms with van der Waals surface area (Å²) in [6, 6.07) is 7.82. The van der Waals surface area contributed by atoms with E-state index >= 15 is 0 Å². The second kappa shape index (κ2) is 5.25. The number of hydrogen-bond acceptors (Lipinski definition) is 4. The molecule has 1 aliphatic carbocycles. The van der Waals surface area contributed by atoms with E-state index < -0.39 is 0 Å². The molecule has 3 rings (SSSR count). The zero-order valence-corrected chi connectivity index (χ0v) is 11.1. The van der Waals surface area contributed by atoms with Crippen LogP contribution in [0.5, 0.6) is 0 Å². The Balaban J connectivity index is 1.94. The van der Waals surface area contributed by atoms with Crippen molar-refractivity contribution in [2.75, 3.05) is 0 Å². The molecule has 0 aliphatic heterocycles. The van der Waals surface area contributed by atoms with Crippen LogP contribution < -0.4 is 11.3 Å². The molecule has 2 atom stereocenters. The minimum Gasteiger partial charge on any atom is -0.271 e. The fraction of sp³-hybridized carbons (Fsp3) is 0.286. The summed E-state index contributed by atoms with van der Waals surface area (Å²) in [7, 11) is 0. The average molecular weight is 275 g/mol. The number of fused-ring (bicyclic) bond motifs is 1. The van der Waals surface area contributed by atoms with E-state index in [4.69, 9.17) is 17.4 Å². The molecule has 98 valence electrons. The van der Waals surface area contributed by atoms with Crippen molar-refractivity contribution in [3.63, 3.8) is 0 Å². The summed E-state index contributed by atoms with van der Waals surface area (Å²) in [4.78, 5) is 8.87. The highest BCUT2D eigenvalue weighted by molar-refractivity contribution is 6.30. The lowest BCUT2D eigenvalue weighted by atomic mass is 9.94. The topological polar surface area (TPSA) is 63.8 Å². The maximum atomic E-state index is 5.87. The molecular formula is C14H15ClN4. The quantitative estimate of drug-likeness (QED) is 0.666. The van der Waals surface area contributed by atoms with E-state index in [2.05, 4.69) is 21.5 Å². The minimum absolute atomic E-state index is 0.0339. The van der Waals surface area contributed by atoms with E-state index in [1.165, 1.54) is 5.56 Å². The van der Waals surface area contributed by atoms with Crippen molar-refractivity contribution in [1.82, 2.24) is 15.4 Å². The molecule has 5 heteroatoms. The fourth-order valence-electron chi connectivity index (χ4n) is 2.75. The molecule has 0 aromatic carbocycles. The van der Waals surface area contributed by atoms with Gasteiger partial charge in [0.2, 0.25) is 0 Å². The lowest BCUT2D eigenvalue weighted by Gasteiger charge is -2.22. The van der Waals surface area contributed by atoms with Crippen molar-refractivity contribution in [3.05, 3.63) is 58.6 Å². The Hall–Kier alpha value is -1.49. The zero-order valence-electron chi connectivity index (χ0n) is 10.4. The summed E-state index contributed by atoms with van der Waals surface area (Å²) in [5.74, 6) is 5.99. The molecule has 4 nitrogen and oxygen atoms in total. The SMILES string of the molecule is NNC(c1ccc(Cl)cn1)C1CCc2cccnc21. The summed E-state index contributed by atoms with van der Waals surface area (Å²) >= 11 is 5.87. The summed E-state index contributed by atoms with van der Waals surface area (Å²) in [5, 5.41) is 0.629. The number of pyridine rings is 2. The molecule has 0 spiro atoms. The van der Waals surface area contributed by atoms with Crippen LogP contribution in [0.4, 0.5) is 0 Å². The summed E-state index contributed by atoms with van der Waals surface area (Å²) < 4.78 is 0. The predicted molar refractivity (Wildman–Crippen MR) is 74.6 cm³/mol. The second-order valence-corrected chi connectivity index (χ2v) is 5.17. The van der Waals surface area contributed by atoms with E-state index in [1.807, 2.05) is 24.4 Å². The van der Waals surface area contributed by atoms with E-state index in [9.17, 15) is 0 Å². The van der Waals surface area contributed by atoms with Crippen LogP contribution in [0.3, 0.4) is 0 Å². The first-order chi connectivity index (χ1) is 9.29. The lowest BCUT2D eigenvalue weighted by Crippen LogP contribution is -2.32. The summed E-state index contributed by atoms with van der Waals surface area (Å²) in [5.41, 5.74) is 6.21. The van der Waals surface area contributed by atoms with E-state index in [0.29, 0.717) is 5.02 Å². The first kappa shape index (κ1) is 12.5. The standard InChI is InChI=1S/C14H15ClN4/c15-10-4-6-12(18-8-10)14(19-16)11-5-3-9-2-1-7-17-13(9)11/h1-2,4,6-8,11,14,19H,3,5,16H2. The Kier molecular flexibility index (Phi) is 3.46. The van der Waals surface area contributed by atoms with Crippen LogP contribution >= 0.6 is 11.6 Å². The highest BCUT2D eigenvalue weighted by Gasteiger charge is 2.32. The van der Waals surface area contributed by atoms with Gasteiger partial charge >= 0.3 is 0 Å². The third kappa shape index (κ3) is 2.34. The van der Waals surface area contributed by atoms with Crippen molar-refractivity contribution in [1.29, 1.82) is 0 Å². The van der Waals surface area contributed by atoms with Gasteiger partial charge in [-0.15, -0.1) is 0 Å². The van der Waals surface area contributed by atoms with Gasteiger partial charge in [-0.1, -0.05) is 17.7 Å². The zero-order chi connectivity index (χ0) is 13.2. The largest absolute Gasteiger partial charge is 0.271 e. The number of rotatable bonds is 3. The Morgan fingerprint density at radius 1 is 1.32 bits per heavy atom. The van der Waals surface area contributed by atoms with Gasteiger partial charge in [0.05, 0.1) is 16.8 Å². The number of nitrogens with two attached hydrogens (primary N) is 1. The van der Waals surface area contributed by atoms with Gasteiger partial charge < -0.3 is 0 Å². The molecule has 0 bridgehead atoms. The molecule has 0 saturated carbocycles. The van der Waals surface area contributed by atoms with Gasteiger partial charge in [-0.3, -0.25) is 21.2 Å². The van der Waals surface area contributed by atoms with Crippen LogP contribution in [0.25, 0.3) is 0 Å². The van der Waals surface area contributed by atoms with Crippen LogP contribution in [0, 0.1) is 0 Å². The lowest BCUT2D eigenvalue weighted by molar-refractivity contribution is 0.438. The van der Waals surface area contributed by atoms with Gasteiger partial charge in [0, 0.05) is 24.0 Å². The van der Waals surface area contributed by atoms with Gasteiger partial charge in [-0.05, 0) is 36.6 Å². The number of hydrogen-bond donors (Lipinski definition) is 2. The number of nitrogens with one attached hydrogen (secondary N) is 1. The average Bonchev–Trinajstić information content (AvgIpc) is 2.86. The Morgan fingerprint density at radius 2 is 2.21 bits per heavy atom. The highest BCUT2D eigenvalue weighted by atomic mass is 35.5. The number of halogens is 1. The molecular weight excluding hydrogens is 260 g/mol. The van der Waals surface area contributed by atoms with Crippen molar-refractivity contribution < 1.29 is 0 Å².